The third-order valence-electron chi connectivity index (χ3n) is 4.30. The van der Waals surface area contributed by atoms with Crippen LogP contribution in [0, 0.1) is 11.8 Å². The fourth-order valence-electron chi connectivity index (χ4n) is 2.95. The molecular formula is C13H25N. The maximum absolute atomic E-state index is 2.65. The predicted octanol–water partition coefficient (Wildman–Crippen LogP) is 3.30. The van der Waals surface area contributed by atoms with E-state index in [4.69, 9.17) is 0 Å². The van der Waals surface area contributed by atoms with E-state index in [1.807, 2.05) is 0 Å². The zero-order valence-electron chi connectivity index (χ0n) is 10.1. The Labute approximate surface area is 88.9 Å². The minimum absolute atomic E-state index is 0.393. The Morgan fingerprint density at radius 3 is 1.71 bits per heavy atom. The van der Waals surface area contributed by atoms with E-state index in [9.17, 15) is 0 Å². The second-order valence-electron chi connectivity index (χ2n) is 6.19. The molecule has 82 valence electrons. The number of hydrogen-bond acceptors (Lipinski definition) is 1. The van der Waals surface area contributed by atoms with E-state index in [-0.39, 0.29) is 0 Å². The number of rotatable bonds is 1. The molecule has 0 aromatic rings. The molecule has 1 aliphatic carbocycles. The largest absolute Gasteiger partial charge is 0.298 e. The first-order valence-corrected chi connectivity index (χ1v) is 6.32. The molecule has 2 fully saturated rings. The monoisotopic (exact) mass is 195 g/mol. The average molecular weight is 195 g/mol. The topological polar surface area (TPSA) is 3.24 Å². The summed E-state index contributed by atoms with van der Waals surface area (Å²) in [6.45, 7) is 9.71. The summed E-state index contributed by atoms with van der Waals surface area (Å²) in [5.74, 6) is 2.18. The predicted molar refractivity (Wildman–Crippen MR) is 61.4 cm³/mol. The second kappa shape index (κ2) is 3.84. The molecule has 0 amide bonds. The van der Waals surface area contributed by atoms with Gasteiger partial charge in [-0.1, -0.05) is 19.3 Å². The van der Waals surface area contributed by atoms with Crippen molar-refractivity contribution in [1.82, 2.24) is 4.90 Å². The summed E-state index contributed by atoms with van der Waals surface area (Å²) in [4.78, 5) is 2.65. The Kier molecular flexibility index (Phi) is 2.88. The van der Waals surface area contributed by atoms with Crippen LogP contribution in [-0.2, 0) is 0 Å². The van der Waals surface area contributed by atoms with Crippen molar-refractivity contribution in [2.75, 3.05) is 13.1 Å². The van der Waals surface area contributed by atoms with E-state index < -0.39 is 0 Å². The lowest BCUT2D eigenvalue weighted by Crippen LogP contribution is -2.47. The van der Waals surface area contributed by atoms with Gasteiger partial charge in [-0.3, -0.25) is 4.90 Å². The molecule has 0 atom stereocenters. The van der Waals surface area contributed by atoms with Crippen LogP contribution < -0.4 is 0 Å². The van der Waals surface area contributed by atoms with Crippen LogP contribution in [0.5, 0.6) is 0 Å². The van der Waals surface area contributed by atoms with E-state index in [0.717, 1.165) is 11.8 Å². The molecule has 0 aromatic heterocycles. The van der Waals surface area contributed by atoms with Gasteiger partial charge in [-0.15, -0.1) is 0 Å². The highest BCUT2D eigenvalue weighted by Crippen LogP contribution is 2.39. The number of nitrogens with zero attached hydrogens (tertiary/aromatic N) is 1. The van der Waals surface area contributed by atoms with Crippen LogP contribution in [0.25, 0.3) is 0 Å². The minimum Gasteiger partial charge on any atom is -0.298 e. The van der Waals surface area contributed by atoms with Crippen molar-refractivity contribution >= 4 is 0 Å². The Bertz CT molecular complexity index is 180. The third-order valence-corrected chi connectivity index (χ3v) is 4.30. The van der Waals surface area contributed by atoms with Gasteiger partial charge in [0, 0.05) is 5.54 Å². The Hall–Kier alpha value is -0.0400. The van der Waals surface area contributed by atoms with Crippen LogP contribution in [-0.4, -0.2) is 23.5 Å². The van der Waals surface area contributed by atoms with Gasteiger partial charge in [-0.05, 0) is 58.5 Å². The summed E-state index contributed by atoms with van der Waals surface area (Å²) in [5.41, 5.74) is 0.393. The summed E-state index contributed by atoms with van der Waals surface area (Å²) in [7, 11) is 0. The van der Waals surface area contributed by atoms with Gasteiger partial charge in [0.1, 0.15) is 0 Å². The van der Waals surface area contributed by atoms with Crippen molar-refractivity contribution in [3.8, 4) is 0 Å². The first-order valence-electron chi connectivity index (χ1n) is 6.32. The zero-order valence-corrected chi connectivity index (χ0v) is 10.1. The van der Waals surface area contributed by atoms with Crippen molar-refractivity contribution < 1.29 is 0 Å². The molecule has 0 bridgehead atoms. The Balaban J connectivity index is 1.80. The summed E-state index contributed by atoms with van der Waals surface area (Å²) in [6.07, 6.45) is 7.48. The third kappa shape index (κ3) is 2.13. The molecule has 1 heteroatoms. The maximum Gasteiger partial charge on any atom is 0.0125 e. The van der Waals surface area contributed by atoms with E-state index in [2.05, 4.69) is 25.7 Å². The first kappa shape index (κ1) is 10.5. The molecule has 2 aliphatic rings. The lowest BCUT2D eigenvalue weighted by atomic mass is 9.72. The van der Waals surface area contributed by atoms with Gasteiger partial charge in [0.2, 0.25) is 0 Å². The van der Waals surface area contributed by atoms with Crippen molar-refractivity contribution in [3.05, 3.63) is 0 Å². The first-order chi connectivity index (χ1) is 6.57. The van der Waals surface area contributed by atoms with Gasteiger partial charge < -0.3 is 0 Å². The molecule has 2 rings (SSSR count). The van der Waals surface area contributed by atoms with Crippen LogP contribution in [0.2, 0.25) is 0 Å². The van der Waals surface area contributed by atoms with E-state index in [1.165, 1.54) is 45.2 Å². The van der Waals surface area contributed by atoms with Crippen molar-refractivity contribution in [2.24, 2.45) is 11.8 Å². The SMILES string of the molecule is CC(C)(C)N1CCC(C2CCC2)CC1. The van der Waals surface area contributed by atoms with Crippen LogP contribution in [0.4, 0.5) is 0 Å². The molecule has 14 heavy (non-hydrogen) atoms. The van der Waals surface area contributed by atoms with Gasteiger partial charge in [0.15, 0.2) is 0 Å². The van der Waals surface area contributed by atoms with E-state index >= 15 is 0 Å². The normalized spacial score (nSPS) is 27.6. The fourth-order valence-corrected chi connectivity index (χ4v) is 2.95. The Morgan fingerprint density at radius 1 is 0.857 bits per heavy atom. The molecule has 0 unspecified atom stereocenters. The second-order valence-corrected chi connectivity index (χ2v) is 6.19. The number of piperidine rings is 1. The number of likely N-dealkylation sites (tertiary alicyclic amines) is 1. The molecule has 1 saturated carbocycles. The van der Waals surface area contributed by atoms with Gasteiger partial charge >= 0.3 is 0 Å². The minimum atomic E-state index is 0.393. The van der Waals surface area contributed by atoms with E-state index in [0.29, 0.717) is 5.54 Å². The molecule has 1 saturated heterocycles. The van der Waals surface area contributed by atoms with Crippen LogP contribution in [0.15, 0.2) is 0 Å². The highest BCUT2D eigenvalue weighted by Gasteiger charge is 2.32. The fraction of sp³-hybridized carbons (Fsp3) is 1.00. The van der Waals surface area contributed by atoms with Gasteiger partial charge in [0.25, 0.3) is 0 Å². The average Bonchev–Trinajstić information content (AvgIpc) is 2.00. The van der Waals surface area contributed by atoms with Crippen LogP contribution in [0.1, 0.15) is 52.9 Å². The molecule has 0 aromatic carbocycles. The van der Waals surface area contributed by atoms with Gasteiger partial charge in [-0.25, -0.2) is 0 Å². The highest BCUT2D eigenvalue weighted by molar-refractivity contribution is 4.86. The highest BCUT2D eigenvalue weighted by atomic mass is 15.2. The molecule has 1 heterocycles. The molecule has 0 radical (unpaired) electrons. The molecule has 0 N–H and O–H groups in total. The lowest BCUT2D eigenvalue weighted by Gasteiger charge is -2.44. The van der Waals surface area contributed by atoms with Gasteiger partial charge in [0.05, 0.1) is 0 Å². The lowest BCUT2D eigenvalue weighted by molar-refractivity contribution is 0.0533. The molecule has 1 nitrogen and oxygen atoms in total. The van der Waals surface area contributed by atoms with Gasteiger partial charge in [-0.2, -0.15) is 0 Å². The van der Waals surface area contributed by atoms with Crippen LogP contribution >= 0.6 is 0 Å². The smallest absolute Gasteiger partial charge is 0.0125 e. The zero-order chi connectivity index (χ0) is 10.2. The van der Waals surface area contributed by atoms with Crippen molar-refractivity contribution in [1.29, 1.82) is 0 Å². The van der Waals surface area contributed by atoms with Crippen LogP contribution in [0.3, 0.4) is 0 Å². The molecule has 0 spiro atoms. The standard InChI is InChI=1S/C13H25N/c1-13(2,3)14-9-7-12(8-10-14)11-5-4-6-11/h11-12H,4-10H2,1-3H3. The molecular weight excluding hydrogens is 170 g/mol. The summed E-state index contributed by atoms with van der Waals surface area (Å²) in [5, 5.41) is 0. The summed E-state index contributed by atoms with van der Waals surface area (Å²) < 4.78 is 0. The Morgan fingerprint density at radius 2 is 1.36 bits per heavy atom. The quantitative estimate of drug-likeness (QED) is 0.620. The van der Waals surface area contributed by atoms with E-state index in [1.54, 1.807) is 0 Å². The maximum atomic E-state index is 2.65. The summed E-state index contributed by atoms with van der Waals surface area (Å²) >= 11 is 0. The van der Waals surface area contributed by atoms with Crippen molar-refractivity contribution in [2.45, 2.75) is 58.4 Å². The van der Waals surface area contributed by atoms with Crippen molar-refractivity contribution in [3.63, 3.8) is 0 Å². The molecule has 1 aliphatic heterocycles. The summed E-state index contributed by atoms with van der Waals surface area (Å²) in [6, 6.07) is 0. The number of hydrogen-bond donors (Lipinski definition) is 0.